The van der Waals surface area contributed by atoms with Gasteiger partial charge in [0.1, 0.15) is 33.9 Å². The summed E-state index contributed by atoms with van der Waals surface area (Å²) in [6.45, 7) is 1.82. The molecule has 1 heterocycles. The summed E-state index contributed by atoms with van der Waals surface area (Å²) in [7, 11) is 1.53. The van der Waals surface area contributed by atoms with Crippen molar-refractivity contribution in [3.8, 4) is 39.6 Å². The fourth-order valence-corrected chi connectivity index (χ4v) is 4.15. The Hall–Kier alpha value is -3.35. The zero-order valence-electron chi connectivity index (χ0n) is 18.2. The second-order valence-electron chi connectivity index (χ2n) is 7.32. The molecule has 34 heavy (non-hydrogen) atoms. The van der Waals surface area contributed by atoms with Gasteiger partial charge >= 0.3 is 0 Å². The third kappa shape index (κ3) is 4.52. The topological polar surface area (TPSA) is 40.5 Å². The number of nitrogens with zero attached hydrogens (tertiary/aromatic N) is 1. The summed E-state index contributed by atoms with van der Waals surface area (Å²) in [5.74, 6) is -0.849. The molecule has 3 aromatic carbocycles. The average Bonchev–Trinajstić information content (AvgIpc) is 2.82. The van der Waals surface area contributed by atoms with Crippen molar-refractivity contribution in [3.05, 3.63) is 98.8 Å². The van der Waals surface area contributed by atoms with Crippen LogP contribution in [0.4, 0.5) is 8.78 Å². The number of rotatable bonds is 6. The monoisotopic (exact) mass is 501 g/mol. The van der Waals surface area contributed by atoms with Gasteiger partial charge in [-0.3, -0.25) is 4.79 Å². The molecule has 0 spiro atoms. The zero-order chi connectivity index (χ0) is 24.4. The first kappa shape index (κ1) is 23.8. The van der Waals surface area contributed by atoms with E-state index in [9.17, 15) is 4.79 Å². The molecule has 0 atom stereocenters. The van der Waals surface area contributed by atoms with Crippen LogP contribution in [-0.4, -0.2) is 11.7 Å². The number of benzene rings is 3. The summed E-state index contributed by atoms with van der Waals surface area (Å²) >= 11 is 12.6. The van der Waals surface area contributed by atoms with Crippen LogP contribution in [0.5, 0.6) is 17.2 Å². The Kier molecular flexibility index (Phi) is 6.91. The lowest BCUT2D eigenvalue weighted by Gasteiger charge is -2.19. The summed E-state index contributed by atoms with van der Waals surface area (Å²) in [5.41, 5.74) is -0.0877. The Morgan fingerprint density at radius 3 is 2.03 bits per heavy atom. The first-order chi connectivity index (χ1) is 16.3. The highest BCUT2D eigenvalue weighted by Crippen LogP contribution is 2.40. The Morgan fingerprint density at radius 2 is 1.44 bits per heavy atom. The van der Waals surface area contributed by atoms with Crippen molar-refractivity contribution in [2.45, 2.75) is 13.5 Å². The molecule has 4 nitrogen and oxygen atoms in total. The van der Waals surface area contributed by atoms with Crippen LogP contribution in [0.25, 0.3) is 22.4 Å². The van der Waals surface area contributed by atoms with Gasteiger partial charge in [0.25, 0.3) is 5.56 Å². The minimum absolute atomic E-state index is 0.0380. The minimum atomic E-state index is -0.902. The van der Waals surface area contributed by atoms with Gasteiger partial charge in [-0.25, -0.2) is 8.78 Å². The normalized spacial score (nSPS) is 10.9. The molecule has 0 radical (unpaired) electrons. The van der Waals surface area contributed by atoms with Gasteiger partial charge in [-0.1, -0.05) is 41.4 Å². The molecular weight excluding hydrogens is 483 g/mol. The lowest BCUT2D eigenvalue weighted by atomic mass is 9.97. The molecule has 0 unspecified atom stereocenters. The fourth-order valence-electron chi connectivity index (χ4n) is 3.70. The Balaban J connectivity index is 1.89. The van der Waals surface area contributed by atoms with Crippen LogP contribution in [0.3, 0.4) is 0 Å². The van der Waals surface area contributed by atoms with Gasteiger partial charge in [0, 0.05) is 34.8 Å². The van der Waals surface area contributed by atoms with E-state index in [4.69, 9.17) is 32.7 Å². The van der Waals surface area contributed by atoms with E-state index in [0.29, 0.717) is 27.6 Å². The largest absolute Gasteiger partial charge is 0.497 e. The van der Waals surface area contributed by atoms with Crippen molar-refractivity contribution in [1.82, 2.24) is 4.57 Å². The van der Waals surface area contributed by atoms with Crippen LogP contribution in [0.1, 0.15) is 6.92 Å². The van der Waals surface area contributed by atoms with Gasteiger partial charge in [0.05, 0.1) is 18.4 Å². The van der Waals surface area contributed by atoms with Crippen molar-refractivity contribution in [2.75, 3.05) is 7.11 Å². The maximum Gasteiger partial charge on any atom is 0.269 e. The fraction of sp³-hybridized carbons (Fsp3) is 0.115. The van der Waals surface area contributed by atoms with E-state index in [2.05, 4.69) is 0 Å². The molecule has 0 saturated carbocycles. The SMILES string of the molecule is CCn1c(-c2c(F)cc(Oc3ccc(OC)cc3)cc2F)c(-c2ccccc2Cl)cc(Cl)c1=O. The number of hydrogen-bond acceptors (Lipinski definition) is 3. The van der Waals surface area contributed by atoms with Crippen molar-refractivity contribution >= 4 is 23.2 Å². The van der Waals surface area contributed by atoms with Crippen LogP contribution in [-0.2, 0) is 6.54 Å². The van der Waals surface area contributed by atoms with Gasteiger partial charge in [0.15, 0.2) is 0 Å². The van der Waals surface area contributed by atoms with E-state index in [-0.39, 0.29) is 28.6 Å². The lowest BCUT2D eigenvalue weighted by molar-refractivity contribution is 0.412. The lowest BCUT2D eigenvalue weighted by Crippen LogP contribution is -2.23. The van der Waals surface area contributed by atoms with Crippen LogP contribution < -0.4 is 15.0 Å². The number of hydrogen-bond donors (Lipinski definition) is 0. The minimum Gasteiger partial charge on any atom is -0.497 e. The highest BCUT2D eigenvalue weighted by atomic mass is 35.5. The van der Waals surface area contributed by atoms with E-state index in [0.717, 1.165) is 12.1 Å². The van der Waals surface area contributed by atoms with Crippen LogP contribution in [0, 0.1) is 11.6 Å². The third-order valence-corrected chi connectivity index (χ3v) is 5.87. The first-order valence-corrected chi connectivity index (χ1v) is 11.1. The number of ether oxygens (including phenoxy) is 2. The second-order valence-corrected chi connectivity index (χ2v) is 8.14. The number of pyridine rings is 1. The van der Waals surface area contributed by atoms with Gasteiger partial charge < -0.3 is 14.0 Å². The van der Waals surface area contributed by atoms with Crippen LogP contribution in [0.15, 0.2) is 71.5 Å². The van der Waals surface area contributed by atoms with Crippen molar-refractivity contribution in [1.29, 1.82) is 0 Å². The smallest absolute Gasteiger partial charge is 0.269 e. The average molecular weight is 502 g/mol. The molecule has 8 heteroatoms. The molecule has 0 bridgehead atoms. The number of aromatic nitrogens is 1. The van der Waals surface area contributed by atoms with Gasteiger partial charge in [-0.15, -0.1) is 0 Å². The highest BCUT2D eigenvalue weighted by Gasteiger charge is 2.24. The molecule has 0 amide bonds. The zero-order valence-corrected chi connectivity index (χ0v) is 19.8. The van der Waals surface area contributed by atoms with Gasteiger partial charge in [-0.2, -0.15) is 0 Å². The Bertz CT molecular complexity index is 1400. The molecule has 0 aliphatic carbocycles. The molecular formula is C26H19Cl2F2NO3. The van der Waals surface area contributed by atoms with E-state index >= 15 is 8.78 Å². The van der Waals surface area contributed by atoms with Crippen molar-refractivity contribution in [3.63, 3.8) is 0 Å². The summed E-state index contributed by atoms with van der Waals surface area (Å²) in [6, 6.07) is 16.9. The predicted molar refractivity (Wildman–Crippen MR) is 130 cm³/mol. The van der Waals surface area contributed by atoms with Crippen molar-refractivity contribution in [2.24, 2.45) is 0 Å². The molecule has 0 fully saturated rings. The van der Waals surface area contributed by atoms with Gasteiger partial charge in [-0.05, 0) is 43.3 Å². The predicted octanol–water partition coefficient (Wildman–Crippen LogP) is 7.59. The quantitative estimate of drug-likeness (QED) is 0.273. The molecule has 174 valence electrons. The van der Waals surface area contributed by atoms with Crippen LogP contribution >= 0.6 is 23.2 Å². The van der Waals surface area contributed by atoms with Gasteiger partial charge in [0.2, 0.25) is 0 Å². The first-order valence-electron chi connectivity index (χ1n) is 10.3. The molecule has 0 aliphatic rings. The molecule has 1 aromatic heterocycles. The third-order valence-electron chi connectivity index (χ3n) is 5.27. The molecule has 0 aliphatic heterocycles. The number of halogens is 4. The summed E-state index contributed by atoms with van der Waals surface area (Å²) in [5, 5.41) is 0.266. The van der Waals surface area contributed by atoms with Crippen LogP contribution in [0.2, 0.25) is 10.0 Å². The summed E-state index contributed by atoms with van der Waals surface area (Å²) in [6.07, 6.45) is 0. The van der Waals surface area contributed by atoms with E-state index < -0.39 is 17.2 Å². The molecule has 4 rings (SSSR count). The number of methoxy groups -OCH3 is 1. The highest BCUT2D eigenvalue weighted by molar-refractivity contribution is 6.34. The molecule has 4 aromatic rings. The maximum absolute atomic E-state index is 15.4. The standard InChI is InChI=1S/C26H19Cl2F2NO3/c1-3-31-25(19(14-21(28)26(31)32)18-6-4-5-7-20(18)27)24-22(29)12-17(13-23(24)30)34-16-10-8-15(33-2)9-11-16/h4-14H,3H2,1-2H3. The molecule has 0 N–H and O–H groups in total. The van der Waals surface area contributed by atoms with Crippen molar-refractivity contribution < 1.29 is 18.3 Å². The Labute approximate surface area is 204 Å². The summed E-state index contributed by atoms with van der Waals surface area (Å²) in [4.78, 5) is 12.8. The van der Waals surface area contributed by atoms with E-state index in [1.165, 1.54) is 17.7 Å². The maximum atomic E-state index is 15.4. The van der Waals surface area contributed by atoms with E-state index in [1.807, 2.05) is 0 Å². The molecule has 0 saturated heterocycles. The summed E-state index contributed by atoms with van der Waals surface area (Å²) < 4.78 is 42.8. The second kappa shape index (κ2) is 9.87. The van der Waals surface area contributed by atoms with E-state index in [1.54, 1.807) is 55.5 Å². The Morgan fingerprint density at radius 1 is 0.824 bits per heavy atom.